The van der Waals surface area contributed by atoms with Gasteiger partial charge >= 0.3 is 0 Å². The molecule has 17 heavy (non-hydrogen) atoms. The lowest BCUT2D eigenvalue weighted by molar-refractivity contribution is -0.531. The molecule has 5 heteroatoms. The molecule has 0 atom stereocenters. The quantitative estimate of drug-likeness (QED) is 0.358. The molecule has 0 N–H and O–H groups in total. The predicted octanol–water partition coefficient (Wildman–Crippen LogP) is 1.84. The first-order valence-electron chi connectivity index (χ1n) is 5.31. The molecule has 0 aliphatic heterocycles. The highest BCUT2D eigenvalue weighted by atomic mass is 32.2. The van der Waals surface area contributed by atoms with Gasteiger partial charge < -0.3 is 5.21 Å². The van der Waals surface area contributed by atoms with Crippen LogP contribution in [0.3, 0.4) is 0 Å². The standard InChI is InChI=1S/C12H17NO3S/c1-12(2,3)13(14)9-10-17(15,16)11-7-5-4-6-8-11/h4-9H,10H2,1-3H3/b13-9-. The van der Waals surface area contributed by atoms with E-state index in [4.69, 9.17) is 0 Å². The average molecular weight is 255 g/mol. The molecule has 0 aromatic heterocycles. The van der Waals surface area contributed by atoms with Gasteiger partial charge in [-0.1, -0.05) is 18.2 Å². The normalized spacial score (nSPS) is 13.7. The first kappa shape index (κ1) is 13.7. The smallest absolute Gasteiger partial charge is 0.187 e. The topological polar surface area (TPSA) is 60.2 Å². The van der Waals surface area contributed by atoms with Crippen LogP contribution in [-0.2, 0) is 9.84 Å². The van der Waals surface area contributed by atoms with Gasteiger partial charge in [-0.15, -0.1) is 0 Å². The number of rotatable bonds is 3. The maximum Gasteiger partial charge on any atom is 0.187 e. The van der Waals surface area contributed by atoms with Gasteiger partial charge in [0.25, 0.3) is 0 Å². The zero-order chi connectivity index (χ0) is 13.1. The summed E-state index contributed by atoms with van der Waals surface area (Å²) < 4.78 is 24.4. The molecule has 1 aromatic rings. The van der Waals surface area contributed by atoms with Crippen molar-refractivity contribution in [3.8, 4) is 0 Å². The van der Waals surface area contributed by atoms with E-state index in [2.05, 4.69) is 0 Å². The van der Waals surface area contributed by atoms with Crippen LogP contribution >= 0.6 is 0 Å². The lowest BCUT2D eigenvalue weighted by Crippen LogP contribution is -2.30. The molecule has 1 aromatic carbocycles. The van der Waals surface area contributed by atoms with E-state index in [0.717, 1.165) is 0 Å². The molecular formula is C12H17NO3S. The fraction of sp³-hybridized carbons (Fsp3) is 0.417. The van der Waals surface area contributed by atoms with Crippen LogP contribution < -0.4 is 0 Å². The van der Waals surface area contributed by atoms with Gasteiger partial charge in [-0.05, 0) is 12.1 Å². The Morgan fingerprint density at radius 3 is 2.24 bits per heavy atom. The molecule has 0 fully saturated rings. The summed E-state index contributed by atoms with van der Waals surface area (Å²) >= 11 is 0. The van der Waals surface area contributed by atoms with E-state index in [1.807, 2.05) is 0 Å². The van der Waals surface area contributed by atoms with E-state index < -0.39 is 15.4 Å². The Kier molecular flexibility index (Phi) is 3.93. The van der Waals surface area contributed by atoms with E-state index >= 15 is 0 Å². The van der Waals surface area contributed by atoms with Crippen LogP contribution in [0.4, 0.5) is 0 Å². The molecule has 0 amide bonds. The summed E-state index contributed by atoms with van der Waals surface area (Å²) in [5.41, 5.74) is -0.619. The first-order chi connectivity index (χ1) is 7.73. The Bertz CT molecular complexity index is 498. The van der Waals surface area contributed by atoms with E-state index in [9.17, 15) is 13.6 Å². The largest absolute Gasteiger partial charge is 0.624 e. The zero-order valence-corrected chi connectivity index (χ0v) is 11.1. The molecule has 94 valence electrons. The molecule has 0 spiro atoms. The molecule has 0 saturated heterocycles. The van der Waals surface area contributed by atoms with Crippen LogP contribution in [0, 0.1) is 5.21 Å². The number of sulfone groups is 1. The molecule has 0 saturated carbocycles. The van der Waals surface area contributed by atoms with Crippen molar-refractivity contribution < 1.29 is 13.2 Å². The zero-order valence-electron chi connectivity index (χ0n) is 10.3. The molecule has 4 nitrogen and oxygen atoms in total. The van der Waals surface area contributed by atoms with E-state index in [0.29, 0.717) is 4.74 Å². The minimum absolute atomic E-state index is 0.235. The number of hydroxylamine groups is 1. The van der Waals surface area contributed by atoms with Crippen LogP contribution in [0.25, 0.3) is 0 Å². The second-order valence-electron chi connectivity index (χ2n) is 4.77. The third kappa shape index (κ3) is 3.85. The number of nitrogens with zero attached hydrogens (tertiary/aromatic N) is 1. The molecule has 0 aliphatic rings. The third-order valence-electron chi connectivity index (χ3n) is 2.22. The van der Waals surface area contributed by atoms with Crippen molar-refractivity contribution >= 4 is 16.1 Å². The SMILES string of the molecule is CC(C)(C)/[N+]([O-])=C/CS(=O)(=O)c1ccccc1. The van der Waals surface area contributed by atoms with Crippen LogP contribution in [0.15, 0.2) is 35.2 Å². The van der Waals surface area contributed by atoms with Crippen molar-refractivity contribution in [2.75, 3.05) is 5.75 Å². The Labute approximate surface area is 102 Å². The van der Waals surface area contributed by atoms with E-state index in [-0.39, 0.29) is 10.6 Å². The second kappa shape index (κ2) is 4.87. The van der Waals surface area contributed by atoms with Crippen molar-refractivity contribution in [3.63, 3.8) is 0 Å². The van der Waals surface area contributed by atoms with Gasteiger partial charge in [-0.25, -0.2) is 13.2 Å². The van der Waals surface area contributed by atoms with Crippen molar-refractivity contribution in [1.82, 2.24) is 0 Å². The van der Waals surface area contributed by atoms with Crippen LogP contribution in [0.2, 0.25) is 0 Å². The Hall–Kier alpha value is -1.36. The highest BCUT2D eigenvalue weighted by Crippen LogP contribution is 2.10. The summed E-state index contributed by atoms with van der Waals surface area (Å²) in [6.07, 6.45) is 1.17. The van der Waals surface area contributed by atoms with Crippen molar-refractivity contribution in [1.29, 1.82) is 0 Å². The van der Waals surface area contributed by atoms with Gasteiger partial charge in [-0.3, -0.25) is 0 Å². The molecule has 0 bridgehead atoms. The van der Waals surface area contributed by atoms with Gasteiger partial charge in [-0.2, -0.15) is 0 Å². The van der Waals surface area contributed by atoms with Gasteiger partial charge in [0, 0.05) is 20.8 Å². The molecule has 0 unspecified atom stereocenters. The number of hydrogen-bond donors (Lipinski definition) is 0. The average Bonchev–Trinajstić information content (AvgIpc) is 2.26. The third-order valence-corrected chi connectivity index (χ3v) is 3.80. The summed E-state index contributed by atoms with van der Waals surface area (Å²) in [7, 11) is -3.41. The maximum absolute atomic E-state index is 11.9. The number of hydrogen-bond acceptors (Lipinski definition) is 3. The summed E-state index contributed by atoms with van der Waals surface area (Å²) in [4.78, 5) is 0.235. The highest BCUT2D eigenvalue weighted by Gasteiger charge is 2.20. The second-order valence-corrected chi connectivity index (χ2v) is 6.81. The summed E-state index contributed by atoms with van der Waals surface area (Å²) in [5.74, 6) is -0.280. The van der Waals surface area contributed by atoms with Gasteiger partial charge in [0.2, 0.25) is 0 Å². The molecular weight excluding hydrogens is 238 g/mol. The monoisotopic (exact) mass is 255 g/mol. The Balaban J connectivity index is 2.90. The first-order valence-corrected chi connectivity index (χ1v) is 6.96. The molecule has 0 heterocycles. The lowest BCUT2D eigenvalue weighted by atomic mass is 10.1. The Morgan fingerprint density at radius 2 is 1.76 bits per heavy atom. The Morgan fingerprint density at radius 1 is 1.24 bits per heavy atom. The summed E-state index contributed by atoms with van der Waals surface area (Å²) in [6, 6.07) is 8.11. The van der Waals surface area contributed by atoms with Gasteiger partial charge in [0.05, 0.1) is 4.90 Å². The van der Waals surface area contributed by atoms with Crippen LogP contribution in [0.1, 0.15) is 20.8 Å². The molecule has 0 aliphatic carbocycles. The van der Waals surface area contributed by atoms with Gasteiger partial charge in [0.15, 0.2) is 21.6 Å². The molecule has 1 rings (SSSR count). The van der Waals surface area contributed by atoms with Crippen molar-refractivity contribution in [2.24, 2.45) is 0 Å². The fourth-order valence-electron chi connectivity index (χ4n) is 1.16. The maximum atomic E-state index is 11.9. The van der Waals surface area contributed by atoms with Crippen molar-refractivity contribution in [2.45, 2.75) is 31.2 Å². The lowest BCUT2D eigenvalue weighted by Gasteiger charge is -2.18. The summed E-state index contributed by atoms with van der Waals surface area (Å²) in [6.45, 7) is 5.18. The van der Waals surface area contributed by atoms with Crippen LogP contribution in [0.5, 0.6) is 0 Å². The van der Waals surface area contributed by atoms with E-state index in [1.165, 1.54) is 18.3 Å². The minimum atomic E-state index is -3.41. The van der Waals surface area contributed by atoms with Crippen LogP contribution in [-0.4, -0.2) is 30.7 Å². The molecule has 0 radical (unpaired) electrons. The van der Waals surface area contributed by atoms with Crippen molar-refractivity contribution in [3.05, 3.63) is 35.5 Å². The predicted molar refractivity (Wildman–Crippen MR) is 67.9 cm³/mol. The summed E-state index contributed by atoms with van der Waals surface area (Å²) in [5, 5.41) is 11.5. The van der Waals surface area contributed by atoms with Gasteiger partial charge in [0.1, 0.15) is 5.75 Å². The van der Waals surface area contributed by atoms with E-state index in [1.54, 1.807) is 39.0 Å². The highest BCUT2D eigenvalue weighted by molar-refractivity contribution is 7.92. The fourth-order valence-corrected chi connectivity index (χ4v) is 2.26. The number of benzene rings is 1. The minimum Gasteiger partial charge on any atom is -0.624 e.